The lowest BCUT2D eigenvalue weighted by Gasteiger charge is -2.38. The summed E-state index contributed by atoms with van der Waals surface area (Å²) in [7, 11) is 3.54. The molecule has 1 saturated carbocycles. The summed E-state index contributed by atoms with van der Waals surface area (Å²) in [5.41, 5.74) is 1.74. The van der Waals surface area contributed by atoms with E-state index < -0.39 is 11.7 Å². The molecule has 242 valence electrons. The van der Waals surface area contributed by atoms with E-state index in [1.165, 1.54) is 50.4 Å². The molecule has 0 bridgehead atoms. The van der Waals surface area contributed by atoms with Gasteiger partial charge in [0, 0.05) is 75.8 Å². The van der Waals surface area contributed by atoms with Gasteiger partial charge in [0.05, 0.1) is 11.3 Å². The van der Waals surface area contributed by atoms with Crippen molar-refractivity contribution in [3.63, 3.8) is 0 Å². The highest BCUT2D eigenvalue weighted by Gasteiger charge is 2.40. The lowest BCUT2D eigenvalue weighted by Crippen LogP contribution is -2.42. The van der Waals surface area contributed by atoms with Crippen LogP contribution in [-0.2, 0) is 13.5 Å². The summed E-state index contributed by atoms with van der Waals surface area (Å²) in [5, 5.41) is 8.03. The minimum Gasteiger partial charge on any atom is -0.349 e. The fraction of sp³-hybridized carbons (Fsp3) is 0.515. The number of benzene rings is 1. The number of aromatic nitrogens is 3. The lowest BCUT2D eigenvalue weighted by atomic mass is 9.94. The molecule has 2 atom stereocenters. The first kappa shape index (κ1) is 35.4. The van der Waals surface area contributed by atoms with Gasteiger partial charge in [-0.2, -0.15) is 17.1 Å². The van der Waals surface area contributed by atoms with Crippen LogP contribution in [0.25, 0.3) is 0 Å². The van der Waals surface area contributed by atoms with Gasteiger partial charge in [0.2, 0.25) is 0 Å². The van der Waals surface area contributed by atoms with Crippen molar-refractivity contribution in [2.45, 2.75) is 71.0 Å². The molecule has 3 aliphatic rings. The Morgan fingerprint density at radius 1 is 1.16 bits per heavy atom. The second-order valence-electron chi connectivity index (χ2n) is 11.6. The summed E-state index contributed by atoms with van der Waals surface area (Å²) in [5.74, 6) is 1.34. The van der Waals surface area contributed by atoms with E-state index in [9.17, 15) is 17.1 Å². The van der Waals surface area contributed by atoms with Gasteiger partial charge in [0.15, 0.2) is 0 Å². The smallest absolute Gasteiger partial charge is 0.349 e. The number of hydrogen-bond donors (Lipinski definition) is 0. The molecule has 2 aromatic rings. The standard InChI is InChI=1S/C28H35F3N6.C4H8.CH3FS/c1-6-36(24-11-7-10-22(13-24)14-27-33-32-19-35(27)5)18-26-25(28(29,30)31)15-23(17-34(26)4)21(3)37-12-8-9-20(2)16-37;1-2-4-3-1;1-3-2/h6-7,10-11,13,15,17-21H,1,8-9,12,14,16H2,2-5H3;1-4H2;1H3/b26-18-;;/t20-,21?;;/m0../s1. The van der Waals surface area contributed by atoms with Gasteiger partial charge >= 0.3 is 6.18 Å². The molecule has 3 heterocycles. The molecule has 2 aliphatic heterocycles. The molecular weight excluding hydrogens is 588 g/mol. The van der Waals surface area contributed by atoms with Gasteiger partial charge in [0.1, 0.15) is 12.2 Å². The summed E-state index contributed by atoms with van der Waals surface area (Å²) in [6.45, 7) is 9.85. The molecular formula is C33H46F4N6S. The summed E-state index contributed by atoms with van der Waals surface area (Å²) in [6, 6.07) is 7.50. The molecule has 6 nitrogen and oxygen atoms in total. The van der Waals surface area contributed by atoms with Gasteiger partial charge < -0.3 is 14.4 Å². The maximum absolute atomic E-state index is 14.3. The second kappa shape index (κ2) is 16.9. The Kier molecular flexibility index (Phi) is 13.6. The number of aryl methyl sites for hydroxylation is 1. The average molecular weight is 635 g/mol. The van der Waals surface area contributed by atoms with Crippen LogP contribution in [0.2, 0.25) is 0 Å². The number of piperidine rings is 1. The highest BCUT2D eigenvalue weighted by molar-refractivity contribution is 7.93. The maximum atomic E-state index is 14.3. The van der Waals surface area contributed by atoms with Crippen LogP contribution in [0.1, 0.15) is 63.8 Å². The van der Waals surface area contributed by atoms with E-state index in [-0.39, 0.29) is 23.9 Å². The van der Waals surface area contributed by atoms with Gasteiger partial charge in [-0.3, -0.25) is 4.90 Å². The highest BCUT2D eigenvalue weighted by atomic mass is 32.2. The fourth-order valence-electron chi connectivity index (χ4n) is 5.26. The number of nitrogens with zero attached hydrogens (tertiary/aromatic N) is 6. The third-order valence-electron chi connectivity index (χ3n) is 8.17. The molecule has 1 aromatic heterocycles. The Balaban J connectivity index is 0.000000674. The highest BCUT2D eigenvalue weighted by Crippen LogP contribution is 2.38. The number of likely N-dealkylation sites (N-methyl/N-ethyl adjacent to an activating group) is 1. The number of alkyl halides is 3. The Bertz CT molecular complexity index is 1290. The molecule has 5 rings (SSSR count). The lowest BCUT2D eigenvalue weighted by molar-refractivity contribution is -0.0912. The van der Waals surface area contributed by atoms with Crippen molar-refractivity contribution in [2.75, 3.05) is 31.3 Å². The Morgan fingerprint density at radius 3 is 2.39 bits per heavy atom. The van der Waals surface area contributed by atoms with Crippen LogP contribution in [-0.4, -0.2) is 63.2 Å². The van der Waals surface area contributed by atoms with Crippen LogP contribution in [0.4, 0.5) is 22.7 Å². The summed E-state index contributed by atoms with van der Waals surface area (Å²) >= 11 is 0.250. The third-order valence-corrected chi connectivity index (χ3v) is 8.17. The minimum absolute atomic E-state index is 0.0640. The monoisotopic (exact) mass is 634 g/mol. The molecule has 0 radical (unpaired) electrons. The molecule has 1 aromatic carbocycles. The van der Waals surface area contributed by atoms with Crippen molar-refractivity contribution in [3.8, 4) is 0 Å². The Hall–Kier alpha value is -3.05. The van der Waals surface area contributed by atoms with Crippen LogP contribution in [0.5, 0.6) is 0 Å². The van der Waals surface area contributed by atoms with Crippen LogP contribution < -0.4 is 4.90 Å². The van der Waals surface area contributed by atoms with Crippen molar-refractivity contribution in [3.05, 3.63) is 90.1 Å². The van der Waals surface area contributed by atoms with Crippen molar-refractivity contribution in [1.82, 2.24) is 24.6 Å². The van der Waals surface area contributed by atoms with Crippen molar-refractivity contribution in [2.24, 2.45) is 13.0 Å². The predicted octanol–water partition coefficient (Wildman–Crippen LogP) is 8.43. The predicted molar refractivity (Wildman–Crippen MR) is 174 cm³/mol. The Labute approximate surface area is 264 Å². The molecule has 1 unspecified atom stereocenters. The molecule has 0 amide bonds. The number of hydrogen-bond acceptors (Lipinski definition) is 6. The zero-order chi connectivity index (χ0) is 32.3. The molecule has 1 aliphatic carbocycles. The van der Waals surface area contributed by atoms with Gasteiger partial charge in [-0.1, -0.05) is 51.3 Å². The van der Waals surface area contributed by atoms with Crippen LogP contribution in [0.3, 0.4) is 0 Å². The fourth-order valence-corrected chi connectivity index (χ4v) is 5.26. The number of allylic oxidation sites excluding steroid dienone is 1. The largest absolute Gasteiger partial charge is 0.418 e. The van der Waals surface area contributed by atoms with Crippen molar-refractivity contribution >= 4 is 17.8 Å². The number of likely N-dealkylation sites (tertiary alicyclic amines) is 1. The summed E-state index contributed by atoms with van der Waals surface area (Å²) < 4.78 is 55.1. The zero-order valence-electron chi connectivity index (χ0n) is 26.5. The first-order valence-corrected chi connectivity index (χ1v) is 16.3. The van der Waals surface area contributed by atoms with E-state index in [0.29, 0.717) is 23.6 Å². The van der Waals surface area contributed by atoms with E-state index in [2.05, 4.69) is 28.6 Å². The normalized spacial score (nSPS) is 20.2. The van der Waals surface area contributed by atoms with Crippen molar-refractivity contribution < 1.29 is 17.1 Å². The topological polar surface area (TPSA) is 40.4 Å². The van der Waals surface area contributed by atoms with Crippen LogP contribution in [0, 0.1) is 5.92 Å². The second-order valence-corrected chi connectivity index (χ2v) is 11.9. The van der Waals surface area contributed by atoms with Crippen LogP contribution >= 0.6 is 12.1 Å². The zero-order valence-corrected chi connectivity index (χ0v) is 27.3. The molecule has 11 heteroatoms. The SMILES string of the molecule is C1CCC1.C=CN(/C=C1/C(C(F)(F)F)=CC(C(C)N2CCC[C@H](C)C2)=CN1C)c1cccc(Cc2nncn2C)c1.CSF. The summed E-state index contributed by atoms with van der Waals surface area (Å²) in [4.78, 5) is 5.48. The third kappa shape index (κ3) is 9.99. The van der Waals surface area contributed by atoms with E-state index in [4.69, 9.17) is 0 Å². The van der Waals surface area contributed by atoms with Gasteiger partial charge in [-0.05, 0) is 61.6 Å². The quantitative estimate of drug-likeness (QED) is 0.285. The molecule has 1 saturated heterocycles. The Morgan fingerprint density at radius 2 is 1.84 bits per heavy atom. The van der Waals surface area contributed by atoms with Crippen molar-refractivity contribution in [1.29, 1.82) is 0 Å². The number of anilines is 1. The average Bonchev–Trinajstić information content (AvgIpc) is 3.34. The molecule has 0 spiro atoms. The summed E-state index contributed by atoms with van der Waals surface area (Å²) in [6.07, 6.45) is 13.4. The van der Waals surface area contributed by atoms with E-state index in [0.717, 1.165) is 37.3 Å². The molecule has 2 fully saturated rings. The van der Waals surface area contributed by atoms with E-state index in [1.54, 1.807) is 23.2 Å². The van der Waals surface area contributed by atoms with Gasteiger partial charge in [0.25, 0.3) is 0 Å². The first-order valence-electron chi connectivity index (χ1n) is 15.2. The van der Waals surface area contributed by atoms with E-state index >= 15 is 0 Å². The molecule has 0 N–H and O–H groups in total. The minimum atomic E-state index is -4.51. The molecule has 44 heavy (non-hydrogen) atoms. The number of rotatable bonds is 7. The first-order chi connectivity index (χ1) is 21.0. The van der Waals surface area contributed by atoms with Gasteiger partial charge in [-0.25, -0.2) is 0 Å². The van der Waals surface area contributed by atoms with E-state index in [1.807, 2.05) is 49.0 Å². The van der Waals surface area contributed by atoms with Gasteiger partial charge in [-0.15, -0.1) is 10.2 Å². The van der Waals surface area contributed by atoms with Crippen LogP contribution in [0.15, 0.2) is 78.7 Å². The maximum Gasteiger partial charge on any atom is 0.418 e. The number of halogens is 4.